The van der Waals surface area contributed by atoms with Crippen LogP contribution >= 0.6 is 11.6 Å². The Hall–Kier alpha value is -2.86. The number of hydrogen-bond acceptors (Lipinski definition) is 4. The predicted molar refractivity (Wildman–Crippen MR) is 111 cm³/mol. The number of rotatable bonds is 7. The zero-order chi connectivity index (χ0) is 21.1. The van der Waals surface area contributed by atoms with Crippen molar-refractivity contribution >= 4 is 29.1 Å². The van der Waals surface area contributed by atoms with Gasteiger partial charge < -0.3 is 9.84 Å². The fourth-order valence-electron chi connectivity index (χ4n) is 3.60. The molecule has 3 aromatic rings. The van der Waals surface area contributed by atoms with Crippen LogP contribution in [0.4, 0.5) is 0 Å². The monoisotopic (exact) mass is 414 g/mol. The number of hydrogen-bond donors (Lipinski definition) is 1. The second kappa shape index (κ2) is 8.66. The van der Waals surface area contributed by atoms with Crippen molar-refractivity contribution in [2.45, 2.75) is 46.1 Å². The number of benzene rings is 1. The van der Waals surface area contributed by atoms with Gasteiger partial charge in [-0.2, -0.15) is 5.10 Å². The molecule has 7 heteroatoms. The molecular weight excluding hydrogens is 392 g/mol. The molecule has 0 aliphatic carbocycles. The summed E-state index contributed by atoms with van der Waals surface area (Å²) in [6, 6.07) is 11.2. The van der Waals surface area contributed by atoms with Crippen LogP contribution in [-0.4, -0.2) is 26.7 Å². The number of carbonyl (C=O) groups excluding carboxylic acids is 1. The zero-order valence-corrected chi connectivity index (χ0v) is 17.4. The van der Waals surface area contributed by atoms with Crippen LogP contribution in [0.5, 0.6) is 0 Å². The number of fused-ring (bicyclic) bond motifs is 1. The van der Waals surface area contributed by atoms with Crippen LogP contribution < -0.4 is 0 Å². The van der Waals surface area contributed by atoms with Gasteiger partial charge in [0.15, 0.2) is 0 Å². The molecule has 6 nitrogen and oxygen atoms in total. The molecule has 0 saturated heterocycles. The maximum atomic E-state index is 12.1. The van der Waals surface area contributed by atoms with Crippen molar-refractivity contribution in [3.05, 3.63) is 58.4 Å². The van der Waals surface area contributed by atoms with E-state index < -0.39 is 17.9 Å². The third kappa shape index (κ3) is 4.12. The van der Waals surface area contributed by atoms with E-state index in [4.69, 9.17) is 16.3 Å². The second-order valence-electron chi connectivity index (χ2n) is 6.80. The van der Waals surface area contributed by atoms with Gasteiger partial charge in [-0.25, -0.2) is 4.52 Å². The normalized spacial score (nSPS) is 12.1. The average Bonchev–Trinajstić information content (AvgIpc) is 3.08. The maximum absolute atomic E-state index is 12.1. The Morgan fingerprint density at radius 2 is 2.00 bits per heavy atom. The molecule has 0 fully saturated rings. The number of halogens is 1. The predicted octanol–water partition coefficient (Wildman–Crippen LogP) is 4.86. The third-order valence-electron chi connectivity index (χ3n) is 4.93. The first-order chi connectivity index (χ1) is 13.9. The Bertz CT molecular complexity index is 1070. The quantitative estimate of drug-likeness (QED) is 0.558. The van der Waals surface area contributed by atoms with Crippen molar-refractivity contribution in [1.82, 2.24) is 9.61 Å². The number of nitrogens with zero attached hydrogens (tertiary/aromatic N) is 2. The van der Waals surface area contributed by atoms with E-state index in [1.54, 1.807) is 10.6 Å². The lowest BCUT2D eigenvalue weighted by Gasteiger charge is -2.21. The fourth-order valence-corrected chi connectivity index (χ4v) is 3.79. The molecule has 0 spiro atoms. The standard InChI is InChI=1S/C22H23ClN2O4/c1-4-16-9-10-19-20(14-7-6-8-15(23)11-14)21(17(5-2)22(27)28)18(24-25(16)19)12-29-13(3)26/h6-11,17H,4-5,12H2,1-3H3,(H,27,28). The van der Waals surface area contributed by atoms with Gasteiger partial charge in [-0.05, 0) is 42.7 Å². The zero-order valence-electron chi connectivity index (χ0n) is 16.6. The van der Waals surface area contributed by atoms with E-state index in [0.29, 0.717) is 22.7 Å². The molecule has 1 unspecified atom stereocenters. The first-order valence-corrected chi connectivity index (χ1v) is 9.90. The van der Waals surface area contributed by atoms with Crippen LogP contribution in [0.1, 0.15) is 50.1 Å². The molecule has 0 saturated carbocycles. The number of carboxylic acids is 1. The van der Waals surface area contributed by atoms with Crippen molar-refractivity contribution < 1.29 is 19.4 Å². The molecule has 0 radical (unpaired) electrons. The van der Waals surface area contributed by atoms with Crippen LogP contribution in [0.2, 0.25) is 5.02 Å². The molecule has 2 heterocycles. The Morgan fingerprint density at radius 1 is 1.24 bits per heavy atom. The number of esters is 1. The van der Waals surface area contributed by atoms with Gasteiger partial charge in [0.2, 0.25) is 0 Å². The summed E-state index contributed by atoms with van der Waals surface area (Å²) < 4.78 is 7.02. The van der Waals surface area contributed by atoms with E-state index in [1.807, 2.05) is 44.2 Å². The summed E-state index contributed by atoms with van der Waals surface area (Å²) in [7, 11) is 0. The van der Waals surface area contributed by atoms with Crippen LogP contribution in [0.25, 0.3) is 16.6 Å². The summed E-state index contributed by atoms with van der Waals surface area (Å²) in [5, 5.41) is 15.1. The molecular formula is C22H23ClN2O4. The molecule has 1 aromatic carbocycles. The van der Waals surface area contributed by atoms with Crippen LogP contribution in [0, 0.1) is 0 Å². The van der Waals surface area contributed by atoms with Crippen molar-refractivity contribution in [1.29, 1.82) is 0 Å². The molecule has 29 heavy (non-hydrogen) atoms. The van der Waals surface area contributed by atoms with Crippen molar-refractivity contribution in [3.8, 4) is 11.1 Å². The molecule has 1 N–H and O–H groups in total. The van der Waals surface area contributed by atoms with E-state index in [2.05, 4.69) is 5.10 Å². The molecule has 3 rings (SSSR count). The Kier molecular flexibility index (Phi) is 6.23. The SMILES string of the molecule is CCc1ccc2c(-c3cccc(Cl)c3)c(C(CC)C(=O)O)c(COC(C)=O)nn12. The second-order valence-corrected chi connectivity index (χ2v) is 7.24. The minimum absolute atomic E-state index is 0.0979. The number of carbonyl (C=O) groups is 2. The van der Waals surface area contributed by atoms with Crippen molar-refractivity contribution in [2.75, 3.05) is 0 Å². The Labute approximate surface area is 174 Å². The average molecular weight is 415 g/mol. The van der Waals surface area contributed by atoms with E-state index in [9.17, 15) is 14.7 Å². The minimum Gasteiger partial charge on any atom is -0.481 e. The highest BCUT2D eigenvalue weighted by molar-refractivity contribution is 6.30. The molecule has 1 atom stereocenters. The Morgan fingerprint density at radius 3 is 2.59 bits per heavy atom. The number of aliphatic carboxylic acids is 1. The molecule has 0 amide bonds. The van der Waals surface area contributed by atoms with Gasteiger partial charge in [-0.1, -0.05) is 37.6 Å². The lowest BCUT2D eigenvalue weighted by molar-refractivity contribution is -0.142. The van der Waals surface area contributed by atoms with Crippen LogP contribution in [0.15, 0.2) is 36.4 Å². The molecule has 0 aliphatic heterocycles. The van der Waals surface area contributed by atoms with E-state index >= 15 is 0 Å². The molecule has 0 aliphatic rings. The van der Waals surface area contributed by atoms with Crippen LogP contribution in [0.3, 0.4) is 0 Å². The van der Waals surface area contributed by atoms with E-state index in [1.165, 1.54) is 6.92 Å². The number of aromatic nitrogens is 2. The third-order valence-corrected chi connectivity index (χ3v) is 5.17. The summed E-state index contributed by atoms with van der Waals surface area (Å²) in [6.07, 6.45) is 1.12. The first kappa shape index (κ1) is 20.9. The molecule has 2 aromatic heterocycles. The van der Waals surface area contributed by atoms with Gasteiger partial charge >= 0.3 is 11.9 Å². The summed E-state index contributed by atoms with van der Waals surface area (Å²) in [5.74, 6) is -2.20. The minimum atomic E-state index is -0.951. The van der Waals surface area contributed by atoms with Crippen LogP contribution in [-0.2, 0) is 27.4 Å². The number of aryl methyl sites for hydroxylation is 1. The lowest BCUT2D eigenvalue weighted by atomic mass is 9.87. The topological polar surface area (TPSA) is 80.9 Å². The van der Waals surface area contributed by atoms with Gasteiger partial charge in [-0.15, -0.1) is 0 Å². The maximum Gasteiger partial charge on any atom is 0.311 e. The van der Waals surface area contributed by atoms with Gasteiger partial charge in [-0.3, -0.25) is 9.59 Å². The Balaban J connectivity index is 2.42. The van der Waals surface area contributed by atoms with E-state index in [-0.39, 0.29) is 6.61 Å². The lowest BCUT2D eigenvalue weighted by Crippen LogP contribution is -2.18. The van der Waals surface area contributed by atoms with Gasteiger partial charge in [0.05, 0.1) is 11.4 Å². The number of ether oxygens (including phenoxy) is 1. The fraction of sp³-hybridized carbons (Fsp3) is 0.318. The summed E-state index contributed by atoms with van der Waals surface area (Å²) >= 11 is 6.24. The summed E-state index contributed by atoms with van der Waals surface area (Å²) in [4.78, 5) is 23.5. The number of carboxylic acid groups (broad SMARTS) is 1. The highest BCUT2D eigenvalue weighted by Crippen LogP contribution is 2.38. The molecule has 152 valence electrons. The highest BCUT2D eigenvalue weighted by Gasteiger charge is 2.29. The van der Waals surface area contributed by atoms with Crippen molar-refractivity contribution in [3.63, 3.8) is 0 Å². The van der Waals surface area contributed by atoms with Gasteiger partial charge in [0, 0.05) is 28.8 Å². The smallest absolute Gasteiger partial charge is 0.311 e. The highest BCUT2D eigenvalue weighted by atomic mass is 35.5. The molecule has 0 bridgehead atoms. The van der Waals surface area contributed by atoms with E-state index in [0.717, 1.165) is 28.8 Å². The summed E-state index contributed by atoms with van der Waals surface area (Å²) in [5.41, 5.74) is 4.30. The van der Waals surface area contributed by atoms with Gasteiger partial charge in [0.1, 0.15) is 12.3 Å². The van der Waals surface area contributed by atoms with Crippen molar-refractivity contribution in [2.24, 2.45) is 0 Å². The summed E-state index contributed by atoms with van der Waals surface area (Å²) in [6.45, 7) is 5.06. The largest absolute Gasteiger partial charge is 0.481 e. The van der Waals surface area contributed by atoms with Gasteiger partial charge in [0.25, 0.3) is 0 Å². The first-order valence-electron chi connectivity index (χ1n) is 9.52.